The minimum Gasteiger partial charge on any atom is -0.481 e. The highest BCUT2D eigenvalue weighted by Gasteiger charge is 2.23. The molecule has 2 aromatic carbocycles. The second kappa shape index (κ2) is 8.52. The first-order chi connectivity index (χ1) is 12.9. The number of carbonyl (C=O) groups is 2. The fourth-order valence-electron chi connectivity index (χ4n) is 2.54. The zero-order valence-electron chi connectivity index (χ0n) is 13.9. The summed E-state index contributed by atoms with van der Waals surface area (Å²) in [7, 11) is 0. The number of nitrogens with zero attached hydrogens (tertiary/aromatic N) is 1. The number of carbonyl (C=O) groups excluding carboxylic acids is 1. The second-order valence-corrected chi connectivity index (χ2v) is 7.40. The number of carboxylic acids is 1. The third kappa shape index (κ3) is 4.86. The predicted molar refractivity (Wildman–Crippen MR) is 106 cm³/mol. The van der Waals surface area contributed by atoms with Gasteiger partial charge in [0.2, 0.25) is 0 Å². The summed E-state index contributed by atoms with van der Waals surface area (Å²) in [6.07, 6.45) is -0.315. The molecule has 1 heterocycles. The number of rotatable bonds is 6. The second-order valence-electron chi connectivity index (χ2n) is 5.69. The van der Waals surface area contributed by atoms with E-state index in [1.807, 2.05) is 30.3 Å². The highest BCUT2D eigenvalue weighted by atomic mass is 35.5. The highest BCUT2D eigenvalue weighted by molar-refractivity contribution is 7.12. The van der Waals surface area contributed by atoms with Crippen molar-refractivity contribution in [1.29, 1.82) is 0 Å². The third-order valence-corrected chi connectivity index (χ3v) is 5.19. The van der Waals surface area contributed by atoms with Crippen LogP contribution in [-0.2, 0) is 4.79 Å². The monoisotopic (exact) mass is 420 g/mol. The molecule has 0 aliphatic heterocycles. The van der Waals surface area contributed by atoms with Crippen LogP contribution in [0.15, 0.2) is 53.9 Å². The molecule has 0 aliphatic rings. The molecular formula is C19H14Cl2N2O3S. The van der Waals surface area contributed by atoms with Gasteiger partial charge in [-0.3, -0.25) is 9.59 Å². The van der Waals surface area contributed by atoms with Crippen LogP contribution in [-0.4, -0.2) is 22.0 Å². The zero-order chi connectivity index (χ0) is 19.4. The largest absolute Gasteiger partial charge is 0.481 e. The number of hydrogen-bond acceptors (Lipinski definition) is 4. The van der Waals surface area contributed by atoms with Crippen molar-refractivity contribution >= 4 is 46.4 Å². The molecule has 8 heteroatoms. The summed E-state index contributed by atoms with van der Waals surface area (Å²) >= 11 is 13.3. The quantitative estimate of drug-likeness (QED) is 0.583. The van der Waals surface area contributed by atoms with Crippen LogP contribution < -0.4 is 5.32 Å². The molecule has 0 saturated heterocycles. The Balaban J connectivity index is 1.82. The van der Waals surface area contributed by atoms with E-state index < -0.39 is 17.9 Å². The maximum Gasteiger partial charge on any atom is 0.305 e. The molecule has 3 rings (SSSR count). The Labute approximate surface area is 169 Å². The molecule has 138 valence electrons. The van der Waals surface area contributed by atoms with E-state index >= 15 is 0 Å². The predicted octanol–water partition coefficient (Wildman–Crippen LogP) is 5.06. The van der Waals surface area contributed by atoms with Gasteiger partial charge in [0.25, 0.3) is 5.91 Å². The van der Waals surface area contributed by atoms with Crippen LogP contribution in [0.1, 0.15) is 27.8 Å². The van der Waals surface area contributed by atoms with E-state index in [2.05, 4.69) is 10.3 Å². The summed E-state index contributed by atoms with van der Waals surface area (Å²) in [5.41, 5.74) is 2.07. The maximum atomic E-state index is 12.6. The third-order valence-electron chi connectivity index (χ3n) is 3.79. The van der Waals surface area contributed by atoms with Gasteiger partial charge < -0.3 is 10.4 Å². The Morgan fingerprint density at radius 3 is 2.56 bits per heavy atom. The summed E-state index contributed by atoms with van der Waals surface area (Å²) in [5.74, 6) is -1.52. The lowest BCUT2D eigenvalue weighted by Crippen LogP contribution is -2.30. The van der Waals surface area contributed by atoms with Crippen LogP contribution in [0.25, 0.3) is 11.3 Å². The topological polar surface area (TPSA) is 79.3 Å². The van der Waals surface area contributed by atoms with E-state index in [0.717, 1.165) is 5.56 Å². The molecule has 1 atom stereocenters. The van der Waals surface area contributed by atoms with E-state index in [1.54, 1.807) is 17.5 Å². The van der Waals surface area contributed by atoms with E-state index in [9.17, 15) is 14.7 Å². The molecule has 1 amide bonds. The van der Waals surface area contributed by atoms with Crippen LogP contribution >= 0.6 is 34.5 Å². The van der Waals surface area contributed by atoms with Crippen molar-refractivity contribution in [1.82, 2.24) is 10.3 Å². The van der Waals surface area contributed by atoms with E-state index in [1.165, 1.54) is 17.4 Å². The number of hydrogen-bond donors (Lipinski definition) is 2. The number of amides is 1. The first kappa shape index (κ1) is 19.4. The molecule has 0 radical (unpaired) electrons. The van der Waals surface area contributed by atoms with E-state index in [-0.39, 0.29) is 16.5 Å². The smallest absolute Gasteiger partial charge is 0.305 e. The van der Waals surface area contributed by atoms with Crippen LogP contribution in [0.3, 0.4) is 0 Å². The van der Waals surface area contributed by atoms with Gasteiger partial charge in [0.15, 0.2) is 5.01 Å². The summed E-state index contributed by atoms with van der Waals surface area (Å²) in [5, 5.41) is 14.6. The minimum atomic E-state index is -1.06. The van der Waals surface area contributed by atoms with Crippen molar-refractivity contribution in [3.63, 3.8) is 0 Å². The Hall–Kier alpha value is -2.41. The van der Waals surface area contributed by atoms with Gasteiger partial charge in [-0.15, -0.1) is 11.3 Å². The first-order valence-electron chi connectivity index (χ1n) is 7.92. The van der Waals surface area contributed by atoms with Crippen molar-refractivity contribution in [2.24, 2.45) is 0 Å². The number of aliphatic carboxylic acids is 1. The van der Waals surface area contributed by atoms with Gasteiger partial charge in [0.1, 0.15) is 0 Å². The summed E-state index contributed by atoms with van der Waals surface area (Å²) < 4.78 is 0. The average molecular weight is 421 g/mol. The Morgan fingerprint density at radius 1 is 1.15 bits per heavy atom. The SMILES string of the molecule is O=C(O)CC(NC(=O)c1nc(-c2ccccc2)cs1)c1ccc(Cl)cc1Cl. The van der Waals surface area contributed by atoms with Gasteiger partial charge in [-0.05, 0) is 17.7 Å². The van der Waals surface area contributed by atoms with Crippen LogP contribution in [0.5, 0.6) is 0 Å². The summed E-state index contributed by atoms with van der Waals surface area (Å²) in [6.45, 7) is 0. The normalized spacial score (nSPS) is 11.8. The minimum absolute atomic E-state index is 0.245. The fraction of sp³-hybridized carbons (Fsp3) is 0.105. The van der Waals surface area contributed by atoms with E-state index in [4.69, 9.17) is 23.2 Å². The van der Waals surface area contributed by atoms with Gasteiger partial charge in [-0.1, -0.05) is 59.6 Å². The highest BCUT2D eigenvalue weighted by Crippen LogP contribution is 2.29. The molecule has 1 aromatic heterocycles. The van der Waals surface area contributed by atoms with E-state index in [0.29, 0.717) is 16.3 Å². The maximum absolute atomic E-state index is 12.6. The van der Waals surface area contributed by atoms with Crippen molar-refractivity contribution in [2.45, 2.75) is 12.5 Å². The van der Waals surface area contributed by atoms with Crippen molar-refractivity contribution in [3.8, 4) is 11.3 Å². The Kier molecular flexibility index (Phi) is 6.11. The van der Waals surface area contributed by atoms with Gasteiger partial charge in [-0.2, -0.15) is 0 Å². The van der Waals surface area contributed by atoms with Crippen LogP contribution in [0, 0.1) is 0 Å². The lowest BCUT2D eigenvalue weighted by atomic mass is 10.0. The number of thiazole rings is 1. The molecule has 0 bridgehead atoms. The molecule has 0 spiro atoms. The summed E-state index contributed by atoms with van der Waals surface area (Å²) in [4.78, 5) is 28.2. The van der Waals surface area contributed by atoms with Crippen molar-refractivity contribution in [3.05, 3.63) is 74.5 Å². The molecule has 0 fully saturated rings. The number of benzene rings is 2. The van der Waals surface area contributed by atoms with Crippen molar-refractivity contribution < 1.29 is 14.7 Å². The zero-order valence-corrected chi connectivity index (χ0v) is 16.2. The van der Waals surface area contributed by atoms with Crippen LogP contribution in [0.4, 0.5) is 0 Å². The number of halogens is 2. The van der Waals surface area contributed by atoms with Gasteiger partial charge >= 0.3 is 5.97 Å². The fourth-order valence-corrected chi connectivity index (χ4v) is 3.81. The molecule has 5 nitrogen and oxygen atoms in total. The lowest BCUT2D eigenvalue weighted by molar-refractivity contribution is -0.137. The van der Waals surface area contributed by atoms with Gasteiger partial charge in [0.05, 0.1) is 18.2 Å². The standard InChI is InChI=1S/C19H14Cl2N2O3S/c20-12-6-7-13(14(21)8-12)15(9-17(24)25)22-18(26)19-23-16(10-27-19)11-4-2-1-3-5-11/h1-8,10,15H,9H2,(H,22,26)(H,24,25). The molecule has 3 aromatic rings. The molecular weight excluding hydrogens is 407 g/mol. The number of aromatic nitrogens is 1. The van der Waals surface area contributed by atoms with Crippen LogP contribution in [0.2, 0.25) is 10.0 Å². The number of nitrogens with one attached hydrogen (secondary N) is 1. The molecule has 0 aliphatic carbocycles. The summed E-state index contributed by atoms with van der Waals surface area (Å²) in [6, 6.07) is 13.4. The van der Waals surface area contributed by atoms with Gasteiger partial charge in [0, 0.05) is 21.0 Å². The Bertz CT molecular complexity index is 976. The average Bonchev–Trinajstić information content (AvgIpc) is 3.12. The molecule has 27 heavy (non-hydrogen) atoms. The molecule has 2 N–H and O–H groups in total. The van der Waals surface area contributed by atoms with Crippen molar-refractivity contribution in [2.75, 3.05) is 0 Å². The lowest BCUT2D eigenvalue weighted by Gasteiger charge is -2.18. The molecule has 0 saturated carbocycles. The first-order valence-corrected chi connectivity index (χ1v) is 9.56. The molecule has 1 unspecified atom stereocenters. The number of carboxylic acid groups (broad SMARTS) is 1. The Morgan fingerprint density at radius 2 is 1.89 bits per heavy atom. The van der Waals surface area contributed by atoms with Gasteiger partial charge in [-0.25, -0.2) is 4.98 Å².